The first kappa shape index (κ1) is 15.3. The molecule has 120 valence electrons. The number of hydrogen-bond acceptors (Lipinski definition) is 4. The van der Waals surface area contributed by atoms with Crippen molar-refractivity contribution in [3.05, 3.63) is 54.0 Å². The molecule has 1 unspecified atom stereocenters. The number of amides is 1. The van der Waals surface area contributed by atoms with Gasteiger partial charge in [-0.05, 0) is 30.3 Å². The van der Waals surface area contributed by atoms with E-state index in [0.29, 0.717) is 30.8 Å². The number of likely N-dealkylation sites (tertiary alicyclic amines) is 1. The van der Waals surface area contributed by atoms with Crippen LogP contribution in [0.3, 0.4) is 0 Å². The van der Waals surface area contributed by atoms with E-state index in [2.05, 4.69) is 4.98 Å². The molecule has 6 heteroatoms. The molecule has 1 aromatic heterocycles. The van der Waals surface area contributed by atoms with Crippen LogP contribution >= 0.6 is 0 Å². The third kappa shape index (κ3) is 3.59. The molecule has 1 aromatic carbocycles. The lowest BCUT2D eigenvalue weighted by molar-refractivity contribution is 0.0771. The van der Waals surface area contributed by atoms with Gasteiger partial charge in [-0.25, -0.2) is 0 Å². The van der Waals surface area contributed by atoms with Crippen molar-refractivity contribution in [2.45, 2.75) is 12.5 Å². The molecule has 2 heterocycles. The third-order valence-electron chi connectivity index (χ3n) is 3.75. The lowest BCUT2D eigenvalue weighted by Crippen LogP contribution is -2.31. The summed E-state index contributed by atoms with van der Waals surface area (Å²) in [7, 11) is 1.58. The topological polar surface area (TPSA) is 51.7 Å². The third-order valence-corrected chi connectivity index (χ3v) is 3.75. The van der Waals surface area contributed by atoms with Crippen LogP contribution in [0.2, 0.25) is 0 Å². The molecule has 1 amide bonds. The van der Waals surface area contributed by atoms with Crippen molar-refractivity contribution in [2.24, 2.45) is 0 Å². The van der Waals surface area contributed by atoms with Crippen LogP contribution in [0.4, 0.5) is 4.39 Å². The van der Waals surface area contributed by atoms with E-state index in [9.17, 15) is 9.18 Å². The number of halogens is 1. The number of carbonyl (C=O) groups excluding carboxylic acids is 1. The molecule has 1 fully saturated rings. The normalized spacial score (nSPS) is 17.1. The first-order chi connectivity index (χ1) is 11.2. The van der Waals surface area contributed by atoms with Gasteiger partial charge in [0.2, 0.25) is 11.8 Å². The Hall–Kier alpha value is -2.63. The minimum absolute atomic E-state index is 0.0500. The number of nitrogens with zero attached hydrogens (tertiary/aromatic N) is 2. The van der Waals surface area contributed by atoms with Gasteiger partial charge in [0.05, 0.1) is 13.7 Å². The molecule has 0 radical (unpaired) electrons. The van der Waals surface area contributed by atoms with E-state index in [1.165, 1.54) is 6.07 Å². The zero-order chi connectivity index (χ0) is 16.2. The Balaban J connectivity index is 1.61. The summed E-state index contributed by atoms with van der Waals surface area (Å²) in [5.74, 6) is 0.327. The van der Waals surface area contributed by atoms with Gasteiger partial charge in [-0.3, -0.25) is 4.79 Å². The number of rotatable bonds is 4. The van der Waals surface area contributed by atoms with Gasteiger partial charge in [0.15, 0.2) is 0 Å². The maximum Gasteiger partial charge on any atom is 0.253 e. The SMILES string of the molecule is COc1ccc(C(=O)N2CCC(Oc3cccc(F)n3)C2)cc1. The molecule has 1 saturated heterocycles. The maximum atomic E-state index is 13.1. The van der Waals surface area contributed by atoms with Crippen LogP contribution in [-0.2, 0) is 0 Å². The highest BCUT2D eigenvalue weighted by atomic mass is 19.1. The van der Waals surface area contributed by atoms with Gasteiger partial charge in [-0.1, -0.05) is 6.07 Å². The minimum atomic E-state index is -0.577. The van der Waals surface area contributed by atoms with E-state index < -0.39 is 5.95 Å². The molecule has 1 aliphatic heterocycles. The molecule has 0 spiro atoms. The highest BCUT2D eigenvalue weighted by Gasteiger charge is 2.28. The fraction of sp³-hybridized carbons (Fsp3) is 0.294. The molecule has 5 nitrogen and oxygen atoms in total. The molecule has 0 bridgehead atoms. The molecule has 23 heavy (non-hydrogen) atoms. The summed E-state index contributed by atoms with van der Waals surface area (Å²) in [5.41, 5.74) is 0.607. The second-order valence-electron chi connectivity index (χ2n) is 5.31. The van der Waals surface area contributed by atoms with E-state index in [-0.39, 0.29) is 17.9 Å². The van der Waals surface area contributed by atoms with Crippen molar-refractivity contribution < 1.29 is 18.7 Å². The molecule has 2 aromatic rings. The van der Waals surface area contributed by atoms with Crippen LogP contribution in [0.25, 0.3) is 0 Å². The summed E-state index contributed by atoms with van der Waals surface area (Å²) in [6.07, 6.45) is 0.520. The predicted molar refractivity (Wildman–Crippen MR) is 82.1 cm³/mol. The fourth-order valence-corrected chi connectivity index (χ4v) is 2.55. The van der Waals surface area contributed by atoms with E-state index in [1.807, 2.05) is 0 Å². The summed E-state index contributed by atoms with van der Waals surface area (Å²) in [6.45, 7) is 1.06. The lowest BCUT2D eigenvalue weighted by atomic mass is 10.2. The van der Waals surface area contributed by atoms with Crippen LogP contribution < -0.4 is 9.47 Å². The van der Waals surface area contributed by atoms with E-state index in [4.69, 9.17) is 9.47 Å². The van der Waals surface area contributed by atoms with Crippen molar-refractivity contribution in [3.63, 3.8) is 0 Å². The summed E-state index contributed by atoms with van der Waals surface area (Å²) >= 11 is 0. The van der Waals surface area contributed by atoms with Crippen LogP contribution in [0.1, 0.15) is 16.8 Å². The van der Waals surface area contributed by atoms with Gasteiger partial charge in [0, 0.05) is 24.6 Å². The number of benzene rings is 1. The first-order valence-electron chi connectivity index (χ1n) is 7.38. The molecule has 0 aliphatic carbocycles. The number of ether oxygens (including phenoxy) is 2. The van der Waals surface area contributed by atoms with Crippen molar-refractivity contribution >= 4 is 5.91 Å². The van der Waals surface area contributed by atoms with E-state index in [0.717, 1.165) is 0 Å². The zero-order valence-corrected chi connectivity index (χ0v) is 12.7. The Labute approximate surface area is 133 Å². The van der Waals surface area contributed by atoms with Crippen molar-refractivity contribution in [3.8, 4) is 11.6 Å². The highest BCUT2D eigenvalue weighted by Crippen LogP contribution is 2.20. The second kappa shape index (κ2) is 6.64. The van der Waals surface area contributed by atoms with Crippen molar-refractivity contribution in [2.75, 3.05) is 20.2 Å². The number of carbonyl (C=O) groups is 1. The van der Waals surface area contributed by atoms with Crippen LogP contribution in [-0.4, -0.2) is 42.1 Å². The van der Waals surface area contributed by atoms with Gasteiger partial charge < -0.3 is 14.4 Å². The Morgan fingerprint density at radius 2 is 2.04 bits per heavy atom. The molecule has 0 N–H and O–H groups in total. The van der Waals surface area contributed by atoms with Crippen LogP contribution in [0.15, 0.2) is 42.5 Å². The standard InChI is InChI=1S/C17H17FN2O3/c1-22-13-7-5-12(6-8-13)17(21)20-10-9-14(11-20)23-16-4-2-3-15(18)19-16/h2-8,14H,9-11H2,1H3. The molecule has 3 rings (SSSR count). The number of aromatic nitrogens is 1. The van der Waals surface area contributed by atoms with E-state index >= 15 is 0 Å². The summed E-state index contributed by atoms with van der Waals surface area (Å²) in [4.78, 5) is 17.9. The molecule has 0 saturated carbocycles. The van der Waals surface area contributed by atoms with Crippen molar-refractivity contribution in [1.82, 2.24) is 9.88 Å². The Kier molecular flexibility index (Phi) is 4.41. The fourth-order valence-electron chi connectivity index (χ4n) is 2.55. The van der Waals surface area contributed by atoms with Crippen LogP contribution in [0, 0.1) is 5.95 Å². The summed E-state index contributed by atoms with van der Waals surface area (Å²) < 4.78 is 23.8. The van der Waals surface area contributed by atoms with E-state index in [1.54, 1.807) is 48.4 Å². The average molecular weight is 316 g/mol. The van der Waals surface area contributed by atoms with Gasteiger partial charge in [0.1, 0.15) is 11.9 Å². The Morgan fingerprint density at radius 3 is 2.74 bits per heavy atom. The Bertz CT molecular complexity index is 690. The number of methoxy groups -OCH3 is 1. The zero-order valence-electron chi connectivity index (χ0n) is 12.7. The average Bonchev–Trinajstić information content (AvgIpc) is 3.03. The van der Waals surface area contributed by atoms with Crippen molar-refractivity contribution in [1.29, 1.82) is 0 Å². The van der Waals surface area contributed by atoms with Gasteiger partial charge >= 0.3 is 0 Å². The molecule has 1 atom stereocenters. The largest absolute Gasteiger partial charge is 0.497 e. The van der Waals surface area contributed by atoms with Gasteiger partial charge in [0.25, 0.3) is 5.91 Å². The van der Waals surface area contributed by atoms with Gasteiger partial charge in [-0.15, -0.1) is 0 Å². The van der Waals surface area contributed by atoms with Gasteiger partial charge in [-0.2, -0.15) is 9.37 Å². The molecular weight excluding hydrogens is 299 g/mol. The number of pyridine rings is 1. The quantitative estimate of drug-likeness (QED) is 0.813. The Morgan fingerprint density at radius 1 is 1.26 bits per heavy atom. The monoisotopic (exact) mass is 316 g/mol. The minimum Gasteiger partial charge on any atom is -0.497 e. The summed E-state index contributed by atoms with van der Waals surface area (Å²) in [5, 5.41) is 0. The highest BCUT2D eigenvalue weighted by molar-refractivity contribution is 5.94. The summed E-state index contributed by atoms with van der Waals surface area (Å²) in [6, 6.07) is 11.4. The second-order valence-corrected chi connectivity index (χ2v) is 5.31. The first-order valence-corrected chi connectivity index (χ1v) is 7.38. The predicted octanol–water partition coefficient (Wildman–Crippen LogP) is 2.52. The molecule has 1 aliphatic rings. The maximum absolute atomic E-state index is 13.1. The van der Waals surface area contributed by atoms with Crippen LogP contribution in [0.5, 0.6) is 11.6 Å². The smallest absolute Gasteiger partial charge is 0.253 e. The number of hydrogen-bond donors (Lipinski definition) is 0. The lowest BCUT2D eigenvalue weighted by Gasteiger charge is -2.17. The molecular formula is C17H17FN2O3.